The molecule has 0 radical (unpaired) electrons. The van der Waals surface area contributed by atoms with E-state index in [4.69, 9.17) is 4.98 Å². The van der Waals surface area contributed by atoms with Gasteiger partial charge < -0.3 is 4.90 Å². The number of hydrogen-bond donors (Lipinski definition) is 0. The van der Waals surface area contributed by atoms with Gasteiger partial charge >= 0.3 is 0 Å². The van der Waals surface area contributed by atoms with Gasteiger partial charge in [-0.2, -0.15) is 0 Å². The number of piperidine rings is 1. The van der Waals surface area contributed by atoms with Crippen LogP contribution >= 0.6 is 11.3 Å². The van der Waals surface area contributed by atoms with Crippen LogP contribution in [0.25, 0.3) is 32.7 Å². The molecule has 5 rings (SSSR count). The summed E-state index contributed by atoms with van der Waals surface area (Å²) in [6, 6.07) is 16.3. The van der Waals surface area contributed by atoms with E-state index in [-0.39, 0.29) is 11.4 Å². The van der Waals surface area contributed by atoms with E-state index in [1.807, 2.05) is 46.3 Å². The third kappa shape index (κ3) is 4.18. The maximum atomic E-state index is 13.6. The number of aromatic nitrogens is 2. The van der Waals surface area contributed by atoms with Gasteiger partial charge in [0.1, 0.15) is 16.3 Å². The molecule has 0 saturated carbocycles. The summed E-state index contributed by atoms with van der Waals surface area (Å²) in [5.74, 6) is 0.441. The molecule has 0 spiro atoms. The normalized spacial score (nSPS) is 14.9. The SMILES string of the molecule is O=c1c2sccc2nc(-c2ccc(-c3cccc(F)c3)cc2)n1CCN1CCCCC1. The number of thiophene rings is 1. The maximum absolute atomic E-state index is 13.6. The predicted molar refractivity (Wildman–Crippen MR) is 125 cm³/mol. The van der Waals surface area contributed by atoms with E-state index in [1.165, 1.54) is 42.7 Å². The highest BCUT2D eigenvalue weighted by Crippen LogP contribution is 2.26. The number of nitrogens with zero attached hydrogens (tertiary/aromatic N) is 3. The molecule has 0 N–H and O–H groups in total. The summed E-state index contributed by atoms with van der Waals surface area (Å²) >= 11 is 1.45. The van der Waals surface area contributed by atoms with Gasteiger partial charge in [-0.05, 0) is 60.6 Å². The second kappa shape index (κ2) is 8.73. The van der Waals surface area contributed by atoms with Crippen molar-refractivity contribution in [2.75, 3.05) is 19.6 Å². The van der Waals surface area contributed by atoms with Gasteiger partial charge in [-0.3, -0.25) is 9.36 Å². The summed E-state index contributed by atoms with van der Waals surface area (Å²) in [6.45, 7) is 3.68. The lowest BCUT2D eigenvalue weighted by Crippen LogP contribution is -2.35. The molecule has 0 atom stereocenters. The van der Waals surface area contributed by atoms with Crippen LogP contribution in [0.1, 0.15) is 19.3 Å². The lowest BCUT2D eigenvalue weighted by Gasteiger charge is -2.27. The van der Waals surface area contributed by atoms with Gasteiger partial charge in [0.2, 0.25) is 0 Å². The zero-order valence-electron chi connectivity index (χ0n) is 17.3. The first-order chi connectivity index (χ1) is 15.2. The molecule has 1 fully saturated rings. The lowest BCUT2D eigenvalue weighted by molar-refractivity contribution is 0.220. The minimum Gasteiger partial charge on any atom is -0.302 e. The summed E-state index contributed by atoms with van der Waals surface area (Å²) in [4.78, 5) is 20.5. The Balaban J connectivity index is 1.51. The first-order valence-corrected chi connectivity index (χ1v) is 11.6. The van der Waals surface area contributed by atoms with Crippen molar-refractivity contribution in [2.24, 2.45) is 0 Å². The van der Waals surface area contributed by atoms with E-state index in [1.54, 1.807) is 6.07 Å². The van der Waals surface area contributed by atoms with Gasteiger partial charge in [0.15, 0.2) is 0 Å². The first-order valence-electron chi connectivity index (χ1n) is 10.8. The number of fused-ring (bicyclic) bond motifs is 1. The minimum atomic E-state index is -0.252. The summed E-state index contributed by atoms with van der Waals surface area (Å²) < 4.78 is 16.1. The molecule has 4 nitrogen and oxygen atoms in total. The second-order valence-electron chi connectivity index (χ2n) is 8.02. The van der Waals surface area contributed by atoms with Crippen LogP contribution in [0.4, 0.5) is 4.39 Å². The van der Waals surface area contributed by atoms with Crippen molar-refractivity contribution in [1.29, 1.82) is 0 Å². The molecule has 0 unspecified atom stereocenters. The molecule has 0 bridgehead atoms. The summed E-state index contributed by atoms with van der Waals surface area (Å²) in [7, 11) is 0. The largest absolute Gasteiger partial charge is 0.302 e. The van der Waals surface area contributed by atoms with Gasteiger partial charge in [-0.15, -0.1) is 11.3 Å². The van der Waals surface area contributed by atoms with Crippen molar-refractivity contribution in [3.8, 4) is 22.5 Å². The number of hydrogen-bond acceptors (Lipinski definition) is 4. The quantitative estimate of drug-likeness (QED) is 0.422. The van der Waals surface area contributed by atoms with Crippen molar-refractivity contribution >= 4 is 21.6 Å². The van der Waals surface area contributed by atoms with Crippen LogP contribution in [0.3, 0.4) is 0 Å². The molecule has 4 aromatic rings. The molecular weight excluding hydrogens is 409 g/mol. The van der Waals surface area contributed by atoms with Crippen molar-refractivity contribution in [2.45, 2.75) is 25.8 Å². The van der Waals surface area contributed by atoms with Crippen molar-refractivity contribution < 1.29 is 4.39 Å². The highest BCUT2D eigenvalue weighted by Gasteiger charge is 2.16. The summed E-state index contributed by atoms with van der Waals surface area (Å²) in [6.07, 6.45) is 3.75. The first kappa shape index (κ1) is 20.1. The fourth-order valence-electron chi connectivity index (χ4n) is 4.28. The molecule has 6 heteroatoms. The Labute approximate surface area is 184 Å². The molecular formula is C25H24FN3OS. The number of likely N-dealkylation sites (tertiary alicyclic amines) is 1. The molecule has 31 heavy (non-hydrogen) atoms. The van der Waals surface area contributed by atoms with E-state index in [2.05, 4.69) is 4.90 Å². The minimum absolute atomic E-state index is 0.0289. The lowest BCUT2D eigenvalue weighted by atomic mass is 10.0. The van der Waals surface area contributed by atoms with Crippen LogP contribution in [-0.2, 0) is 6.54 Å². The van der Waals surface area contributed by atoms with E-state index in [0.29, 0.717) is 17.1 Å². The maximum Gasteiger partial charge on any atom is 0.271 e. The smallest absolute Gasteiger partial charge is 0.271 e. The van der Waals surface area contributed by atoms with Crippen LogP contribution in [0.5, 0.6) is 0 Å². The van der Waals surface area contributed by atoms with Gasteiger partial charge in [0, 0.05) is 18.7 Å². The number of halogens is 1. The highest BCUT2D eigenvalue weighted by atomic mass is 32.1. The Morgan fingerprint density at radius 3 is 2.45 bits per heavy atom. The van der Waals surface area contributed by atoms with Crippen molar-refractivity contribution in [3.63, 3.8) is 0 Å². The Kier molecular flexibility index (Phi) is 5.66. The molecule has 2 aromatic heterocycles. The number of rotatable bonds is 5. The topological polar surface area (TPSA) is 38.1 Å². The molecule has 1 aliphatic rings. The fraction of sp³-hybridized carbons (Fsp3) is 0.280. The van der Waals surface area contributed by atoms with Gasteiger partial charge in [0.25, 0.3) is 5.56 Å². The Morgan fingerprint density at radius 1 is 0.903 bits per heavy atom. The van der Waals surface area contributed by atoms with Crippen LogP contribution < -0.4 is 5.56 Å². The average Bonchev–Trinajstić information content (AvgIpc) is 3.28. The van der Waals surface area contributed by atoms with Gasteiger partial charge in [0.05, 0.1) is 5.52 Å². The highest BCUT2D eigenvalue weighted by molar-refractivity contribution is 7.17. The van der Waals surface area contributed by atoms with Crippen molar-refractivity contribution in [3.05, 3.63) is 76.1 Å². The third-order valence-electron chi connectivity index (χ3n) is 5.96. The zero-order valence-corrected chi connectivity index (χ0v) is 18.1. The molecule has 1 aliphatic heterocycles. The Hall–Kier alpha value is -2.83. The van der Waals surface area contributed by atoms with Gasteiger partial charge in [-0.25, -0.2) is 9.37 Å². The monoisotopic (exact) mass is 433 g/mol. The van der Waals surface area contributed by atoms with Crippen LogP contribution in [-0.4, -0.2) is 34.1 Å². The molecule has 2 aromatic carbocycles. The second-order valence-corrected chi connectivity index (χ2v) is 8.93. The molecule has 158 valence electrons. The van der Waals surface area contributed by atoms with Gasteiger partial charge in [-0.1, -0.05) is 42.8 Å². The third-order valence-corrected chi connectivity index (χ3v) is 6.85. The van der Waals surface area contributed by atoms with Crippen LogP contribution in [0.2, 0.25) is 0 Å². The standard InChI is InChI=1S/C25H24FN3OS/c26-21-6-4-5-20(17-21)18-7-9-19(10-8-18)24-27-22-11-16-31-23(22)25(30)29(24)15-14-28-12-2-1-3-13-28/h4-11,16-17H,1-3,12-15H2. The zero-order chi connectivity index (χ0) is 21.2. The van der Waals surface area contributed by atoms with Crippen molar-refractivity contribution in [1.82, 2.24) is 14.5 Å². The fourth-order valence-corrected chi connectivity index (χ4v) is 5.05. The molecule has 0 amide bonds. The molecule has 0 aliphatic carbocycles. The molecule has 1 saturated heterocycles. The molecule has 3 heterocycles. The van der Waals surface area contributed by atoms with E-state index < -0.39 is 0 Å². The summed E-state index contributed by atoms with van der Waals surface area (Å²) in [5.41, 5.74) is 3.43. The van der Waals surface area contributed by atoms with E-state index in [9.17, 15) is 9.18 Å². The summed E-state index contributed by atoms with van der Waals surface area (Å²) in [5, 5.41) is 1.92. The van der Waals surface area contributed by atoms with E-state index in [0.717, 1.165) is 41.8 Å². The predicted octanol–water partition coefficient (Wildman–Crippen LogP) is 5.42. The Bertz CT molecular complexity index is 1260. The van der Waals surface area contributed by atoms with Crippen LogP contribution in [0, 0.1) is 5.82 Å². The van der Waals surface area contributed by atoms with E-state index >= 15 is 0 Å². The Morgan fingerprint density at radius 2 is 1.68 bits per heavy atom. The average molecular weight is 434 g/mol. The van der Waals surface area contributed by atoms with Crippen LogP contribution in [0.15, 0.2) is 64.8 Å². The number of benzene rings is 2.